The van der Waals surface area contributed by atoms with Gasteiger partial charge in [0.25, 0.3) is 0 Å². The molecule has 0 bridgehead atoms. The van der Waals surface area contributed by atoms with E-state index >= 15 is 0 Å². The number of nitrogens with one attached hydrogen (secondary N) is 1. The highest BCUT2D eigenvalue weighted by atomic mass is 79.9. The lowest BCUT2D eigenvalue weighted by Gasteiger charge is -2.20. The second-order valence-corrected chi connectivity index (χ2v) is 5.57. The van der Waals surface area contributed by atoms with Crippen LogP contribution in [-0.2, 0) is 0 Å². The Balaban J connectivity index is 2.51. The average molecular weight is 324 g/mol. The fourth-order valence-corrected chi connectivity index (χ4v) is 2.56. The normalized spacial score (nSPS) is 12.9. The van der Waals surface area contributed by atoms with Crippen LogP contribution in [0.5, 0.6) is 0 Å². The monoisotopic (exact) mass is 323 g/mol. The summed E-state index contributed by atoms with van der Waals surface area (Å²) < 4.78 is 2.87. The molecule has 0 amide bonds. The largest absolute Gasteiger partial charge is 0.270 e. The molecule has 2 aromatic rings. The molecule has 0 fully saturated rings. The number of pyridine rings is 1. The fourth-order valence-electron chi connectivity index (χ4n) is 2.06. The second-order valence-electron chi connectivity index (χ2n) is 4.72. The molecule has 0 saturated carbocycles. The van der Waals surface area contributed by atoms with Gasteiger partial charge in [-0.3, -0.25) is 15.5 Å². The van der Waals surface area contributed by atoms with Crippen molar-refractivity contribution < 1.29 is 0 Å². The molecular formula is C13H18BrN5. The van der Waals surface area contributed by atoms with Crippen molar-refractivity contribution in [2.45, 2.75) is 32.9 Å². The Morgan fingerprint density at radius 1 is 1.37 bits per heavy atom. The van der Waals surface area contributed by atoms with Crippen LogP contribution in [0.25, 0.3) is 0 Å². The smallest absolute Gasteiger partial charge is 0.106 e. The molecule has 6 heteroatoms. The van der Waals surface area contributed by atoms with Crippen LogP contribution in [0, 0.1) is 6.92 Å². The lowest BCUT2D eigenvalue weighted by molar-refractivity contribution is 0.471. The van der Waals surface area contributed by atoms with Crippen molar-refractivity contribution in [2.24, 2.45) is 5.84 Å². The summed E-state index contributed by atoms with van der Waals surface area (Å²) in [7, 11) is 0. The highest BCUT2D eigenvalue weighted by Gasteiger charge is 2.23. The zero-order chi connectivity index (χ0) is 14.0. The summed E-state index contributed by atoms with van der Waals surface area (Å²) in [5, 5.41) is 4.38. The Hall–Kier alpha value is -1.24. The minimum Gasteiger partial charge on any atom is -0.270 e. The maximum Gasteiger partial charge on any atom is 0.106 e. The van der Waals surface area contributed by atoms with E-state index in [2.05, 4.69) is 45.3 Å². The van der Waals surface area contributed by atoms with Crippen molar-refractivity contribution in [3.05, 3.63) is 46.0 Å². The number of hydrogen-bond donors (Lipinski definition) is 2. The predicted molar refractivity (Wildman–Crippen MR) is 78.5 cm³/mol. The summed E-state index contributed by atoms with van der Waals surface area (Å²) in [6, 6.07) is 5.96. The van der Waals surface area contributed by atoms with Gasteiger partial charge >= 0.3 is 0 Å². The molecule has 1 atom stereocenters. The van der Waals surface area contributed by atoms with E-state index in [0.29, 0.717) is 0 Å². The molecule has 2 rings (SSSR count). The van der Waals surface area contributed by atoms with Crippen LogP contribution < -0.4 is 11.3 Å². The number of aryl methyl sites for hydroxylation is 1. The van der Waals surface area contributed by atoms with Crippen molar-refractivity contribution >= 4 is 15.9 Å². The average Bonchev–Trinajstić information content (AvgIpc) is 2.73. The van der Waals surface area contributed by atoms with Crippen molar-refractivity contribution in [3.63, 3.8) is 0 Å². The summed E-state index contributed by atoms with van der Waals surface area (Å²) in [6.07, 6.45) is 1.79. The molecule has 19 heavy (non-hydrogen) atoms. The van der Waals surface area contributed by atoms with Gasteiger partial charge in [0.15, 0.2) is 0 Å². The molecule has 2 heterocycles. The summed E-state index contributed by atoms with van der Waals surface area (Å²) in [6.45, 7) is 6.13. The van der Waals surface area contributed by atoms with Crippen LogP contribution >= 0.6 is 15.9 Å². The van der Waals surface area contributed by atoms with Crippen LogP contribution in [0.1, 0.15) is 43.0 Å². The topological polar surface area (TPSA) is 68.8 Å². The van der Waals surface area contributed by atoms with E-state index in [-0.39, 0.29) is 12.1 Å². The van der Waals surface area contributed by atoms with Crippen LogP contribution in [0.15, 0.2) is 28.9 Å². The molecule has 3 N–H and O–H groups in total. The van der Waals surface area contributed by atoms with E-state index in [4.69, 9.17) is 5.84 Å². The second kappa shape index (κ2) is 5.81. The van der Waals surface area contributed by atoms with Crippen LogP contribution in [0.3, 0.4) is 0 Å². The molecule has 0 aliphatic carbocycles. The number of aromatic nitrogens is 3. The number of nitrogens with two attached hydrogens (primary N) is 1. The fraction of sp³-hybridized carbons (Fsp3) is 0.385. The zero-order valence-corrected chi connectivity index (χ0v) is 12.8. The molecule has 0 aliphatic rings. The summed E-state index contributed by atoms with van der Waals surface area (Å²) in [5.74, 6) is 5.73. The third-order valence-corrected chi connectivity index (χ3v) is 3.53. The third-order valence-electron chi connectivity index (χ3n) is 2.92. The Bertz CT molecular complexity index is 564. The van der Waals surface area contributed by atoms with Gasteiger partial charge < -0.3 is 0 Å². The molecule has 2 aromatic heterocycles. The van der Waals surface area contributed by atoms with Gasteiger partial charge in [-0.1, -0.05) is 6.07 Å². The van der Waals surface area contributed by atoms with Gasteiger partial charge in [-0.15, -0.1) is 0 Å². The van der Waals surface area contributed by atoms with E-state index in [1.165, 1.54) is 0 Å². The molecule has 0 spiro atoms. The van der Waals surface area contributed by atoms with E-state index in [0.717, 1.165) is 21.6 Å². The van der Waals surface area contributed by atoms with Gasteiger partial charge in [-0.25, -0.2) is 5.43 Å². The van der Waals surface area contributed by atoms with Gasteiger partial charge in [0.05, 0.1) is 22.1 Å². The standard InChI is InChI=1S/C13H18BrN5/c1-8(2)19-13(10(14)7-16-19)12(18-15)11-6-4-5-9(3)17-11/h4-8,12,18H,15H2,1-3H3. The summed E-state index contributed by atoms with van der Waals surface area (Å²) in [5.41, 5.74) is 5.66. The first kappa shape index (κ1) is 14.2. The van der Waals surface area contributed by atoms with E-state index < -0.39 is 0 Å². The Morgan fingerprint density at radius 2 is 2.11 bits per heavy atom. The minimum absolute atomic E-state index is 0.195. The Labute approximate surface area is 121 Å². The quantitative estimate of drug-likeness (QED) is 0.670. The molecule has 102 valence electrons. The Morgan fingerprint density at radius 3 is 2.68 bits per heavy atom. The van der Waals surface area contributed by atoms with Crippen molar-refractivity contribution in [1.29, 1.82) is 0 Å². The first-order valence-electron chi connectivity index (χ1n) is 6.17. The van der Waals surface area contributed by atoms with Crippen molar-refractivity contribution in [3.8, 4) is 0 Å². The number of nitrogens with zero attached hydrogens (tertiary/aromatic N) is 3. The van der Waals surface area contributed by atoms with Crippen molar-refractivity contribution in [1.82, 2.24) is 20.2 Å². The highest BCUT2D eigenvalue weighted by Crippen LogP contribution is 2.29. The third kappa shape index (κ3) is 2.86. The molecule has 0 aromatic carbocycles. The molecule has 5 nitrogen and oxygen atoms in total. The maximum atomic E-state index is 5.73. The lowest BCUT2D eigenvalue weighted by Crippen LogP contribution is -2.32. The van der Waals surface area contributed by atoms with E-state index in [9.17, 15) is 0 Å². The van der Waals surface area contributed by atoms with Gasteiger partial charge in [-0.2, -0.15) is 5.10 Å². The SMILES string of the molecule is Cc1cccc(C(NN)c2c(Br)cnn2C(C)C)n1. The summed E-state index contributed by atoms with van der Waals surface area (Å²) >= 11 is 3.54. The number of rotatable bonds is 4. The first-order valence-corrected chi connectivity index (χ1v) is 6.96. The van der Waals surface area contributed by atoms with E-state index in [1.54, 1.807) is 6.20 Å². The van der Waals surface area contributed by atoms with Crippen molar-refractivity contribution in [2.75, 3.05) is 0 Å². The first-order chi connectivity index (χ1) is 9.04. The lowest BCUT2D eigenvalue weighted by atomic mass is 10.1. The maximum absolute atomic E-state index is 5.73. The molecule has 0 saturated heterocycles. The van der Waals surface area contributed by atoms with Gasteiger partial charge in [0.1, 0.15) is 6.04 Å². The van der Waals surface area contributed by atoms with Gasteiger partial charge in [0, 0.05) is 11.7 Å². The minimum atomic E-state index is -0.195. The van der Waals surface area contributed by atoms with Crippen LogP contribution in [0.2, 0.25) is 0 Å². The predicted octanol–water partition coefficient (Wildman–Crippen LogP) is 2.48. The molecule has 0 aliphatic heterocycles. The summed E-state index contributed by atoms with van der Waals surface area (Å²) in [4.78, 5) is 4.54. The molecule has 0 radical (unpaired) electrons. The molecular weight excluding hydrogens is 306 g/mol. The number of hydrogen-bond acceptors (Lipinski definition) is 4. The highest BCUT2D eigenvalue weighted by molar-refractivity contribution is 9.10. The number of halogens is 1. The van der Waals surface area contributed by atoms with Crippen LogP contribution in [-0.4, -0.2) is 14.8 Å². The van der Waals surface area contributed by atoms with Crippen LogP contribution in [0.4, 0.5) is 0 Å². The zero-order valence-electron chi connectivity index (χ0n) is 11.3. The Kier molecular flexibility index (Phi) is 4.34. The number of hydrazine groups is 1. The van der Waals surface area contributed by atoms with Gasteiger partial charge in [0.2, 0.25) is 0 Å². The van der Waals surface area contributed by atoms with Gasteiger partial charge in [-0.05, 0) is 48.8 Å². The van der Waals surface area contributed by atoms with E-state index in [1.807, 2.05) is 29.8 Å². The molecule has 1 unspecified atom stereocenters.